The van der Waals surface area contributed by atoms with Crippen molar-refractivity contribution in [3.63, 3.8) is 0 Å². The molecule has 0 unspecified atom stereocenters. The molecule has 0 amide bonds. The van der Waals surface area contributed by atoms with E-state index in [1.807, 2.05) is 0 Å². The van der Waals surface area contributed by atoms with Crippen LogP contribution >= 0.6 is 0 Å². The van der Waals surface area contributed by atoms with E-state index < -0.39 is 24.7 Å². The summed E-state index contributed by atoms with van der Waals surface area (Å²) in [6.45, 7) is 0. The molecule has 0 saturated heterocycles. The summed E-state index contributed by atoms with van der Waals surface area (Å²) in [6.07, 6.45) is -18.7. The zero-order valence-corrected chi connectivity index (χ0v) is 6.54. The summed E-state index contributed by atoms with van der Waals surface area (Å²) in [7, 11) is 0. The Morgan fingerprint density at radius 3 is 0.500 bits per heavy atom. The molecule has 100 valence electrons. The zero-order chi connectivity index (χ0) is 14.0. The molecule has 0 aromatic rings. The van der Waals surface area contributed by atoms with Crippen LogP contribution in [-0.4, -0.2) is 24.7 Å². The lowest BCUT2D eigenvalue weighted by molar-refractivity contribution is -0.389. The highest BCUT2D eigenvalue weighted by Crippen LogP contribution is 2.46. The predicted octanol–water partition coefficient (Wildman–Crippen LogP) is 4.22. The third-order valence-corrected chi connectivity index (χ3v) is 0.712. The van der Waals surface area contributed by atoms with Gasteiger partial charge in [-0.2, -0.15) is 35.1 Å². The molecule has 0 aromatic carbocycles. The molecule has 12 heteroatoms. The summed E-state index contributed by atoms with van der Waals surface area (Å²) >= 11 is 0. The highest BCUT2D eigenvalue weighted by Gasteiger charge is 2.74. The van der Waals surface area contributed by atoms with Gasteiger partial charge in [0.15, 0.2) is 0 Å². The van der Waals surface area contributed by atoms with Crippen molar-refractivity contribution in [2.45, 2.75) is 24.7 Å². The predicted molar refractivity (Wildman–Crippen MR) is 24.2 cm³/mol. The Kier molecular flexibility index (Phi) is 5.02. The van der Waals surface area contributed by atoms with Crippen LogP contribution in [-0.2, 0) is 0 Å². The van der Waals surface area contributed by atoms with Crippen LogP contribution in [0.25, 0.3) is 0 Å². The Morgan fingerprint density at radius 2 is 0.500 bits per heavy atom. The lowest BCUT2D eigenvalue weighted by Crippen LogP contribution is -2.49. The molecule has 0 aromatic heterocycles. The second-order valence-electron chi connectivity index (χ2n) is 2.00. The Morgan fingerprint density at radius 1 is 0.375 bits per heavy atom. The van der Waals surface area contributed by atoms with Gasteiger partial charge in [0.1, 0.15) is 0 Å². The monoisotopic (exact) mass is 276 g/mol. The minimum Gasteiger partial charge on any atom is -0.186 e. The van der Waals surface area contributed by atoms with Gasteiger partial charge in [0.25, 0.3) is 0 Å². The van der Waals surface area contributed by atoms with Gasteiger partial charge in [-0.15, -0.1) is 17.6 Å². The van der Waals surface area contributed by atoms with Crippen molar-refractivity contribution in [1.82, 2.24) is 0 Å². The number of rotatable bonds is 0. The second kappa shape index (κ2) is 4.57. The van der Waals surface area contributed by atoms with E-state index in [0.29, 0.717) is 0 Å². The largest absolute Gasteiger partial charge is 0.559 e. The van der Waals surface area contributed by atoms with Gasteiger partial charge >= 0.3 is 24.7 Å². The molecule has 0 aliphatic rings. The van der Waals surface area contributed by atoms with Crippen LogP contribution in [0.15, 0.2) is 0 Å². The summed E-state index contributed by atoms with van der Waals surface area (Å²) in [4.78, 5) is 0. The summed E-state index contributed by atoms with van der Waals surface area (Å²) in [6, 6.07) is 0. The van der Waals surface area contributed by atoms with Crippen LogP contribution in [0, 0.1) is 0 Å². The Hall–Kier alpha value is -0.840. The number of halogens is 12. The van der Waals surface area contributed by atoms with Gasteiger partial charge in [-0.25, -0.2) is 0 Å². The third-order valence-electron chi connectivity index (χ3n) is 0.712. The fraction of sp³-hybridized carbons (Fsp3) is 1.00. The first-order valence-corrected chi connectivity index (χ1v) is 2.77. The fourth-order valence-corrected chi connectivity index (χ4v) is 0.161. The van der Waals surface area contributed by atoms with Crippen LogP contribution in [0.5, 0.6) is 0 Å². The summed E-state index contributed by atoms with van der Waals surface area (Å²) < 4.78 is 126. The maximum Gasteiger partial charge on any atom is 0.559 e. The molecule has 0 spiro atoms. The molecule has 16 heavy (non-hydrogen) atoms. The fourth-order valence-electron chi connectivity index (χ4n) is 0.161. The zero-order valence-electron chi connectivity index (χ0n) is 6.54. The smallest absolute Gasteiger partial charge is 0.186 e. The first-order chi connectivity index (χ1) is 6.50. The van der Waals surface area contributed by atoms with Crippen LogP contribution < -0.4 is 0 Å². The molecular weight excluding hydrogens is 276 g/mol. The SMILES string of the molecule is FC(F)(F)C(F)(F)C(F)(F)F.FC(F)(F)F. The minimum atomic E-state index is -6.62. The van der Waals surface area contributed by atoms with Gasteiger partial charge < -0.3 is 0 Å². The lowest BCUT2D eigenvalue weighted by Gasteiger charge is -2.21. The van der Waals surface area contributed by atoms with Crippen molar-refractivity contribution < 1.29 is 52.7 Å². The topological polar surface area (TPSA) is 0 Å². The summed E-state index contributed by atoms with van der Waals surface area (Å²) in [5, 5.41) is 0. The van der Waals surface area contributed by atoms with Crippen LogP contribution in [0.1, 0.15) is 0 Å². The number of hydrogen-bond donors (Lipinski definition) is 0. The van der Waals surface area contributed by atoms with E-state index in [2.05, 4.69) is 0 Å². The molecule has 0 aliphatic heterocycles. The van der Waals surface area contributed by atoms with Crippen molar-refractivity contribution >= 4 is 0 Å². The van der Waals surface area contributed by atoms with E-state index in [0.717, 1.165) is 0 Å². The van der Waals surface area contributed by atoms with Gasteiger partial charge in [0.05, 0.1) is 0 Å². The van der Waals surface area contributed by atoms with Gasteiger partial charge in [-0.1, -0.05) is 0 Å². The van der Waals surface area contributed by atoms with Gasteiger partial charge in [-0.05, 0) is 0 Å². The molecule has 0 atom stereocenters. The van der Waals surface area contributed by atoms with Crippen molar-refractivity contribution in [3.8, 4) is 0 Å². The van der Waals surface area contributed by atoms with E-state index in [-0.39, 0.29) is 0 Å². The van der Waals surface area contributed by atoms with Gasteiger partial charge in [0, 0.05) is 0 Å². The van der Waals surface area contributed by atoms with E-state index in [4.69, 9.17) is 0 Å². The Bertz CT molecular complexity index is 179. The molecule has 0 heterocycles. The molecular formula is C4F12. The first-order valence-electron chi connectivity index (χ1n) is 2.77. The van der Waals surface area contributed by atoms with E-state index in [1.165, 1.54) is 0 Å². The normalized spacial score (nSPS) is 14.2. The van der Waals surface area contributed by atoms with Crippen LogP contribution in [0.2, 0.25) is 0 Å². The molecule has 0 aliphatic carbocycles. The summed E-state index contributed by atoms with van der Waals surface area (Å²) in [5.74, 6) is -6.62. The maximum atomic E-state index is 11.2. The Balaban J connectivity index is 0. The highest BCUT2D eigenvalue weighted by atomic mass is 19.5. The van der Waals surface area contributed by atoms with Crippen molar-refractivity contribution in [2.24, 2.45) is 0 Å². The van der Waals surface area contributed by atoms with E-state index in [1.54, 1.807) is 0 Å². The lowest BCUT2D eigenvalue weighted by atomic mass is 10.3. The average molecular weight is 276 g/mol. The van der Waals surface area contributed by atoms with Crippen LogP contribution in [0.3, 0.4) is 0 Å². The molecule has 0 rings (SSSR count). The minimum absolute atomic E-state index is 5.50. The Labute approximate surface area is 78.8 Å². The second-order valence-corrected chi connectivity index (χ2v) is 2.00. The maximum absolute atomic E-state index is 11.2. The highest BCUT2D eigenvalue weighted by molar-refractivity contribution is 4.83. The number of alkyl halides is 12. The van der Waals surface area contributed by atoms with Gasteiger partial charge in [-0.3, -0.25) is 0 Å². The quantitative estimate of drug-likeness (QED) is 0.581. The van der Waals surface area contributed by atoms with E-state index in [9.17, 15) is 52.7 Å². The average Bonchev–Trinajstić information content (AvgIpc) is 1.76. The van der Waals surface area contributed by atoms with E-state index >= 15 is 0 Å². The van der Waals surface area contributed by atoms with Gasteiger partial charge in [0.2, 0.25) is 0 Å². The molecule has 0 nitrogen and oxygen atoms in total. The molecule has 0 N–H and O–H groups in total. The molecule has 0 fully saturated rings. The summed E-state index contributed by atoms with van der Waals surface area (Å²) in [5.41, 5.74) is 0. The van der Waals surface area contributed by atoms with Crippen molar-refractivity contribution in [2.75, 3.05) is 0 Å². The van der Waals surface area contributed by atoms with Crippen LogP contribution in [0.4, 0.5) is 52.7 Å². The first kappa shape index (κ1) is 17.6. The van der Waals surface area contributed by atoms with Crippen molar-refractivity contribution in [1.29, 1.82) is 0 Å². The number of hydrogen-bond acceptors (Lipinski definition) is 0. The van der Waals surface area contributed by atoms with Crippen molar-refractivity contribution in [3.05, 3.63) is 0 Å². The molecule has 0 bridgehead atoms. The molecule has 0 radical (unpaired) electrons. The molecule has 0 saturated carbocycles. The standard InChI is InChI=1S/C3F8.CF4/c4-1(5,2(6,7)8)3(9,10)11;2-1(3,4)5. The third kappa shape index (κ3) is 6.61.